The molecule has 0 bridgehead atoms. The zero-order valence-corrected chi connectivity index (χ0v) is 15.6. The molecule has 138 valence electrons. The van der Waals surface area contributed by atoms with Gasteiger partial charge >= 0.3 is 0 Å². The van der Waals surface area contributed by atoms with Gasteiger partial charge in [-0.05, 0) is 43.0 Å². The maximum absolute atomic E-state index is 12.5. The average molecular weight is 373 g/mol. The first-order chi connectivity index (χ1) is 12.7. The molecule has 6 heteroatoms. The summed E-state index contributed by atoms with van der Waals surface area (Å²) < 4.78 is 0. The fourth-order valence-electron chi connectivity index (χ4n) is 3.22. The Morgan fingerprint density at radius 2 is 1.81 bits per heavy atom. The molecule has 0 saturated heterocycles. The molecular formula is C20H25ClN4O. The van der Waals surface area contributed by atoms with Gasteiger partial charge < -0.3 is 10.6 Å². The van der Waals surface area contributed by atoms with Gasteiger partial charge in [-0.1, -0.05) is 49.4 Å². The van der Waals surface area contributed by atoms with E-state index in [1.807, 2.05) is 24.3 Å². The van der Waals surface area contributed by atoms with E-state index in [1.54, 1.807) is 12.3 Å². The van der Waals surface area contributed by atoms with Gasteiger partial charge in [0, 0.05) is 23.8 Å². The van der Waals surface area contributed by atoms with Gasteiger partial charge in [-0.3, -0.25) is 4.79 Å². The van der Waals surface area contributed by atoms with Crippen molar-refractivity contribution in [3.8, 4) is 0 Å². The molecule has 1 aromatic heterocycles. The number of anilines is 1. The molecule has 1 aromatic carbocycles. The van der Waals surface area contributed by atoms with Gasteiger partial charge in [0.05, 0.1) is 0 Å². The molecule has 1 saturated carbocycles. The molecule has 0 unspecified atom stereocenters. The minimum Gasteiger partial charge on any atom is -0.354 e. The number of amides is 1. The summed E-state index contributed by atoms with van der Waals surface area (Å²) in [5.74, 6) is 0.368. The van der Waals surface area contributed by atoms with Crippen molar-refractivity contribution < 1.29 is 4.79 Å². The standard InChI is InChI=1S/C20H25ClN4O/c21-16-9-7-15(8-10-16)11-13-22-20-23-14-12-18(25-20)19(26)24-17-5-3-1-2-4-6-17/h7-10,12,14,17H,1-6,11,13H2,(H,24,26)(H,22,23,25). The Morgan fingerprint density at radius 3 is 2.54 bits per heavy atom. The van der Waals surface area contributed by atoms with Crippen molar-refractivity contribution in [2.24, 2.45) is 0 Å². The van der Waals surface area contributed by atoms with Crippen LogP contribution in [0.3, 0.4) is 0 Å². The van der Waals surface area contributed by atoms with E-state index < -0.39 is 0 Å². The third-order valence-corrected chi connectivity index (χ3v) is 4.94. The van der Waals surface area contributed by atoms with Crippen LogP contribution in [0.2, 0.25) is 5.02 Å². The van der Waals surface area contributed by atoms with Crippen LogP contribution in [0.5, 0.6) is 0 Å². The van der Waals surface area contributed by atoms with Crippen molar-refractivity contribution in [1.82, 2.24) is 15.3 Å². The summed E-state index contributed by atoms with van der Waals surface area (Å²) in [4.78, 5) is 21.0. The highest BCUT2D eigenvalue weighted by Gasteiger charge is 2.16. The molecule has 26 heavy (non-hydrogen) atoms. The molecule has 1 amide bonds. The lowest BCUT2D eigenvalue weighted by Crippen LogP contribution is -2.35. The molecule has 1 aliphatic rings. The molecule has 0 spiro atoms. The Balaban J connectivity index is 1.51. The Hall–Kier alpha value is -2.14. The van der Waals surface area contributed by atoms with Crippen LogP contribution >= 0.6 is 11.6 Å². The molecule has 0 aliphatic heterocycles. The number of aromatic nitrogens is 2. The zero-order valence-electron chi connectivity index (χ0n) is 14.9. The van der Waals surface area contributed by atoms with Gasteiger partial charge in [0.15, 0.2) is 0 Å². The number of hydrogen-bond acceptors (Lipinski definition) is 4. The van der Waals surface area contributed by atoms with Gasteiger partial charge in [0.1, 0.15) is 5.69 Å². The molecule has 5 nitrogen and oxygen atoms in total. The molecule has 0 radical (unpaired) electrons. The number of nitrogens with zero attached hydrogens (tertiary/aromatic N) is 2. The summed E-state index contributed by atoms with van der Waals surface area (Å²) in [6.45, 7) is 0.690. The van der Waals surface area contributed by atoms with Crippen LogP contribution < -0.4 is 10.6 Å². The van der Waals surface area contributed by atoms with Crippen molar-refractivity contribution in [2.75, 3.05) is 11.9 Å². The predicted molar refractivity (Wildman–Crippen MR) is 105 cm³/mol. The van der Waals surface area contributed by atoms with Crippen molar-refractivity contribution in [2.45, 2.75) is 51.0 Å². The van der Waals surface area contributed by atoms with Crippen LogP contribution in [0.1, 0.15) is 54.6 Å². The Bertz CT molecular complexity index is 712. The second kappa shape index (κ2) is 9.53. The van der Waals surface area contributed by atoms with E-state index in [2.05, 4.69) is 20.6 Å². The normalized spacial score (nSPS) is 15.3. The van der Waals surface area contributed by atoms with Gasteiger partial charge in [-0.15, -0.1) is 0 Å². The average Bonchev–Trinajstić information content (AvgIpc) is 2.92. The van der Waals surface area contributed by atoms with E-state index in [0.717, 1.165) is 24.3 Å². The van der Waals surface area contributed by atoms with Crippen LogP contribution in [0.25, 0.3) is 0 Å². The van der Waals surface area contributed by atoms with E-state index in [-0.39, 0.29) is 11.9 Å². The number of hydrogen-bond donors (Lipinski definition) is 2. The highest BCUT2D eigenvalue weighted by Crippen LogP contribution is 2.17. The summed E-state index contributed by atoms with van der Waals surface area (Å²) in [6.07, 6.45) is 9.48. The Morgan fingerprint density at radius 1 is 1.08 bits per heavy atom. The highest BCUT2D eigenvalue weighted by molar-refractivity contribution is 6.30. The number of rotatable bonds is 6. The molecule has 1 fully saturated rings. The maximum atomic E-state index is 12.5. The molecule has 2 aromatic rings. The minimum atomic E-state index is -0.111. The topological polar surface area (TPSA) is 66.9 Å². The summed E-state index contributed by atoms with van der Waals surface area (Å²) >= 11 is 5.89. The van der Waals surface area contributed by atoms with E-state index in [9.17, 15) is 4.79 Å². The van der Waals surface area contributed by atoms with Crippen LogP contribution in [0.15, 0.2) is 36.5 Å². The minimum absolute atomic E-state index is 0.111. The molecule has 1 heterocycles. The second-order valence-electron chi connectivity index (χ2n) is 6.73. The van der Waals surface area contributed by atoms with Crippen LogP contribution in [-0.4, -0.2) is 28.5 Å². The first-order valence-corrected chi connectivity index (χ1v) is 9.71. The maximum Gasteiger partial charge on any atom is 0.270 e. The smallest absolute Gasteiger partial charge is 0.270 e. The van der Waals surface area contributed by atoms with E-state index in [4.69, 9.17) is 11.6 Å². The van der Waals surface area contributed by atoms with Crippen LogP contribution in [0.4, 0.5) is 5.95 Å². The third-order valence-electron chi connectivity index (χ3n) is 4.69. The first kappa shape index (κ1) is 18.6. The van der Waals surface area contributed by atoms with Gasteiger partial charge in [0.25, 0.3) is 5.91 Å². The van der Waals surface area contributed by atoms with Gasteiger partial charge in [-0.2, -0.15) is 0 Å². The zero-order chi connectivity index (χ0) is 18.2. The van der Waals surface area contributed by atoms with E-state index in [1.165, 1.54) is 31.2 Å². The van der Waals surface area contributed by atoms with Gasteiger partial charge in [0.2, 0.25) is 5.95 Å². The summed E-state index contributed by atoms with van der Waals surface area (Å²) in [5.41, 5.74) is 1.60. The molecule has 3 rings (SSSR count). The van der Waals surface area contributed by atoms with Crippen LogP contribution in [0, 0.1) is 0 Å². The number of nitrogens with one attached hydrogen (secondary N) is 2. The second-order valence-corrected chi connectivity index (χ2v) is 7.17. The van der Waals surface area contributed by atoms with Crippen molar-refractivity contribution in [1.29, 1.82) is 0 Å². The largest absolute Gasteiger partial charge is 0.354 e. The van der Waals surface area contributed by atoms with Gasteiger partial charge in [-0.25, -0.2) is 9.97 Å². The molecular weight excluding hydrogens is 348 g/mol. The summed E-state index contributed by atoms with van der Waals surface area (Å²) in [7, 11) is 0. The van der Waals surface area contributed by atoms with Crippen molar-refractivity contribution in [3.05, 3.63) is 52.8 Å². The number of benzene rings is 1. The molecule has 1 aliphatic carbocycles. The number of halogens is 1. The Kier molecular flexibility index (Phi) is 6.83. The lowest BCUT2D eigenvalue weighted by Gasteiger charge is -2.16. The Labute approximate surface area is 159 Å². The molecule has 2 N–H and O–H groups in total. The fraction of sp³-hybridized carbons (Fsp3) is 0.450. The SMILES string of the molecule is O=C(NC1CCCCCC1)c1ccnc(NCCc2ccc(Cl)cc2)n1. The lowest BCUT2D eigenvalue weighted by atomic mass is 10.1. The fourth-order valence-corrected chi connectivity index (χ4v) is 3.35. The van der Waals surface area contributed by atoms with Crippen molar-refractivity contribution in [3.63, 3.8) is 0 Å². The quantitative estimate of drug-likeness (QED) is 0.744. The summed E-state index contributed by atoms with van der Waals surface area (Å²) in [6, 6.07) is 9.69. The number of carbonyl (C=O) groups is 1. The third kappa shape index (κ3) is 5.70. The highest BCUT2D eigenvalue weighted by atomic mass is 35.5. The van der Waals surface area contributed by atoms with Crippen LogP contribution in [-0.2, 0) is 6.42 Å². The van der Waals surface area contributed by atoms with E-state index in [0.29, 0.717) is 18.2 Å². The number of carbonyl (C=O) groups excluding carboxylic acids is 1. The van der Waals surface area contributed by atoms with Crippen molar-refractivity contribution >= 4 is 23.5 Å². The molecule has 0 atom stereocenters. The monoisotopic (exact) mass is 372 g/mol. The van der Waals surface area contributed by atoms with E-state index >= 15 is 0 Å². The first-order valence-electron chi connectivity index (χ1n) is 9.33. The summed E-state index contributed by atoms with van der Waals surface area (Å²) in [5, 5.41) is 7.04. The predicted octanol–water partition coefficient (Wildman–Crippen LogP) is 4.24. The lowest BCUT2D eigenvalue weighted by molar-refractivity contribution is 0.0928.